The lowest BCUT2D eigenvalue weighted by Gasteiger charge is -2.33. The van der Waals surface area contributed by atoms with Crippen molar-refractivity contribution in [3.63, 3.8) is 0 Å². The highest BCUT2D eigenvalue weighted by Crippen LogP contribution is 2.37. The second-order valence-corrected chi connectivity index (χ2v) is 7.16. The molecule has 2 unspecified atom stereocenters. The Labute approximate surface area is 100 Å². The van der Waals surface area contributed by atoms with Crippen LogP contribution < -0.4 is 0 Å². The van der Waals surface area contributed by atoms with Crippen molar-refractivity contribution in [3.05, 3.63) is 12.2 Å². The Morgan fingerprint density at radius 1 is 1.00 bits per heavy atom. The minimum absolute atomic E-state index is 0.151. The summed E-state index contributed by atoms with van der Waals surface area (Å²) in [7, 11) is 0. The van der Waals surface area contributed by atoms with Gasteiger partial charge in [-0.3, -0.25) is 4.79 Å². The van der Waals surface area contributed by atoms with Gasteiger partial charge in [0.05, 0.1) is 0 Å². The highest BCUT2D eigenvalue weighted by Gasteiger charge is 2.32. The molecule has 1 nitrogen and oxygen atoms in total. The molecule has 0 N–H and O–H groups in total. The van der Waals surface area contributed by atoms with Crippen LogP contribution in [-0.2, 0) is 4.79 Å². The zero-order chi connectivity index (χ0) is 12.6. The Morgan fingerprint density at radius 2 is 1.56 bits per heavy atom. The van der Waals surface area contributed by atoms with Gasteiger partial charge in [-0.25, -0.2) is 0 Å². The second-order valence-electron chi connectivity index (χ2n) is 7.16. The average molecular weight is 222 g/mol. The molecule has 2 atom stereocenters. The molecule has 0 spiro atoms. The SMILES string of the molecule is CC(C)(C)C(=O)C1C=CC(C(C)(C)C)CC1. The molecule has 92 valence electrons. The summed E-state index contributed by atoms with van der Waals surface area (Å²) in [6, 6.07) is 0. The van der Waals surface area contributed by atoms with Gasteiger partial charge in [0.2, 0.25) is 0 Å². The summed E-state index contributed by atoms with van der Waals surface area (Å²) in [6.45, 7) is 12.9. The Morgan fingerprint density at radius 3 is 1.88 bits per heavy atom. The van der Waals surface area contributed by atoms with E-state index in [1.807, 2.05) is 20.8 Å². The van der Waals surface area contributed by atoms with Gasteiger partial charge in [-0.1, -0.05) is 53.7 Å². The molecule has 0 bridgehead atoms. The minimum Gasteiger partial charge on any atom is -0.298 e. The van der Waals surface area contributed by atoms with Gasteiger partial charge in [0.25, 0.3) is 0 Å². The van der Waals surface area contributed by atoms with Gasteiger partial charge in [-0.05, 0) is 24.2 Å². The molecule has 0 saturated heterocycles. The molecule has 0 aromatic carbocycles. The number of hydrogen-bond acceptors (Lipinski definition) is 1. The first-order valence-electron chi connectivity index (χ1n) is 6.35. The maximum atomic E-state index is 12.1. The molecule has 16 heavy (non-hydrogen) atoms. The summed E-state index contributed by atoms with van der Waals surface area (Å²) >= 11 is 0. The molecule has 0 saturated carbocycles. The van der Waals surface area contributed by atoms with Crippen molar-refractivity contribution in [2.75, 3.05) is 0 Å². The average Bonchev–Trinajstić information content (AvgIpc) is 2.14. The van der Waals surface area contributed by atoms with E-state index >= 15 is 0 Å². The van der Waals surface area contributed by atoms with E-state index in [1.165, 1.54) is 0 Å². The number of rotatable bonds is 1. The predicted molar refractivity (Wildman–Crippen MR) is 69.3 cm³/mol. The Kier molecular flexibility index (Phi) is 3.66. The van der Waals surface area contributed by atoms with Crippen molar-refractivity contribution in [2.24, 2.45) is 22.7 Å². The lowest BCUT2D eigenvalue weighted by molar-refractivity contribution is -0.129. The van der Waals surface area contributed by atoms with E-state index in [0.29, 0.717) is 17.1 Å². The van der Waals surface area contributed by atoms with Crippen molar-refractivity contribution in [1.29, 1.82) is 0 Å². The molecule has 0 radical (unpaired) electrons. The second kappa shape index (κ2) is 4.35. The quantitative estimate of drug-likeness (QED) is 0.607. The van der Waals surface area contributed by atoms with Crippen LogP contribution in [0.5, 0.6) is 0 Å². The van der Waals surface area contributed by atoms with E-state index in [2.05, 4.69) is 32.9 Å². The zero-order valence-electron chi connectivity index (χ0n) is 11.6. The van der Waals surface area contributed by atoms with Crippen LogP contribution in [0, 0.1) is 22.7 Å². The van der Waals surface area contributed by atoms with Crippen LogP contribution in [-0.4, -0.2) is 5.78 Å². The summed E-state index contributed by atoms with van der Waals surface area (Å²) < 4.78 is 0. The minimum atomic E-state index is -0.205. The van der Waals surface area contributed by atoms with Gasteiger partial charge in [0, 0.05) is 11.3 Å². The molecule has 1 aliphatic rings. The first kappa shape index (κ1) is 13.5. The molecule has 0 fully saturated rings. The van der Waals surface area contributed by atoms with E-state index in [0.717, 1.165) is 12.8 Å². The smallest absolute Gasteiger partial charge is 0.145 e. The number of carbonyl (C=O) groups excluding carboxylic acids is 1. The maximum absolute atomic E-state index is 12.1. The van der Waals surface area contributed by atoms with Crippen LogP contribution in [0.1, 0.15) is 54.4 Å². The van der Waals surface area contributed by atoms with Gasteiger partial charge >= 0.3 is 0 Å². The van der Waals surface area contributed by atoms with E-state index in [1.54, 1.807) is 0 Å². The molecule has 0 heterocycles. The van der Waals surface area contributed by atoms with E-state index in [4.69, 9.17) is 0 Å². The van der Waals surface area contributed by atoms with Gasteiger partial charge in [-0.2, -0.15) is 0 Å². The first-order chi connectivity index (χ1) is 7.12. The highest BCUT2D eigenvalue weighted by molar-refractivity contribution is 5.87. The fraction of sp³-hybridized carbons (Fsp3) is 0.800. The summed E-state index contributed by atoms with van der Waals surface area (Å²) in [5, 5.41) is 0. The van der Waals surface area contributed by atoms with Gasteiger partial charge < -0.3 is 0 Å². The lowest BCUT2D eigenvalue weighted by Crippen LogP contribution is -2.31. The van der Waals surface area contributed by atoms with Crippen LogP contribution in [0.4, 0.5) is 0 Å². The maximum Gasteiger partial charge on any atom is 0.145 e. The molecule has 1 aliphatic carbocycles. The fourth-order valence-corrected chi connectivity index (χ4v) is 2.32. The fourth-order valence-electron chi connectivity index (χ4n) is 2.32. The van der Waals surface area contributed by atoms with Crippen LogP contribution in [0.2, 0.25) is 0 Å². The molecular formula is C15H26O. The van der Waals surface area contributed by atoms with Crippen molar-refractivity contribution in [3.8, 4) is 0 Å². The number of allylic oxidation sites excluding steroid dienone is 2. The topological polar surface area (TPSA) is 17.1 Å². The van der Waals surface area contributed by atoms with E-state index < -0.39 is 0 Å². The molecule has 1 rings (SSSR count). The predicted octanol–water partition coefficient (Wildman–Crippen LogP) is 4.23. The summed E-state index contributed by atoms with van der Waals surface area (Å²) in [5.41, 5.74) is 0.121. The number of carbonyl (C=O) groups is 1. The molecule has 0 aliphatic heterocycles. The molecular weight excluding hydrogens is 196 g/mol. The van der Waals surface area contributed by atoms with Crippen molar-refractivity contribution in [1.82, 2.24) is 0 Å². The standard InChI is InChI=1S/C15H26O/c1-14(2,3)12-9-7-11(8-10-12)13(16)15(4,5)6/h7,9,11-12H,8,10H2,1-6H3. The lowest BCUT2D eigenvalue weighted by atomic mass is 9.71. The normalized spacial score (nSPS) is 26.9. The van der Waals surface area contributed by atoms with E-state index in [-0.39, 0.29) is 11.3 Å². The van der Waals surface area contributed by atoms with Crippen molar-refractivity contribution < 1.29 is 4.79 Å². The Hall–Kier alpha value is -0.590. The zero-order valence-corrected chi connectivity index (χ0v) is 11.6. The number of ketones is 1. The van der Waals surface area contributed by atoms with Gasteiger partial charge in [-0.15, -0.1) is 0 Å². The van der Waals surface area contributed by atoms with Crippen molar-refractivity contribution in [2.45, 2.75) is 54.4 Å². The molecule has 0 aromatic rings. The van der Waals surface area contributed by atoms with Crippen LogP contribution in [0.25, 0.3) is 0 Å². The molecule has 0 amide bonds. The third-order valence-corrected chi connectivity index (χ3v) is 3.55. The van der Waals surface area contributed by atoms with E-state index in [9.17, 15) is 4.79 Å². The van der Waals surface area contributed by atoms with Gasteiger partial charge in [0.15, 0.2) is 0 Å². The van der Waals surface area contributed by atoms with Crippen molar-refractivity contribution >= 4 is 5.78 Å². The summed E-state index contributed by atoms with van der Waals surface area (Å²) in [4.78, 5) is 12.1. The number of hydrogen-bond donors (Lipinski definition) is 0. The van der Waals surface area contributed by atoms with Gasteiger partial charge in [0.1, 0.15) is 5.78 Å². The van der Waals surface area contributed by atoms with Crippen LogP contribution >= 0.6 is 0 Å². The molecule has 1 heteroatoms. The first-order valence-corrected chi connectivity index (χ1v) is 6.35. The summed E-state index contributed by atoms with van der Waals surface area (Å²) in [6.07, 6.45) is 6.58. The Balaban J connectivity index is 2.70. The monoisotopic (exact) mass is 222 g/mol. The van der Waals surface area contributed by atoms with Crippen LogP contribution in [0.15, 0.2) is 12.2 Å². The number of Topliss-reactive ketones (excluding diaryl/α,β-unsaturated/α-hetero) is 1. The summed E-state index contributed by atoms with van der Waals surface area (Å²) in [5.74, 6) is 1.16. The van der Waals surface area contributed by atoms with Crippen LogP contribution in [0.3, 0.4) is 0 Å². The largest absolute Gasteiger partial charge is 0.298 e. The third kappa shape index (κ3) is 3.20. The molecule has 0 aromatic heterocycles. The highest BCUT2D eigenvalue weighted by atomic mass is 16.1. The Bertz CT molecular complexity index is 286. The third-order valence-electron chi connectivity index (χ3n) is 3.55.